The molecule has 0 aliphatic rings. The molecule has 0 fully saturated rings. The smallest absolute Gasteiger partial charge is 0.338 e. The molecule has 0 bridgehead atoms. The van der Waals surface area contributed by atoms with Gasteiger partial charge < -0.3 is 14.6 Å². The zero-order valence-electron chi connectivity index (χ0n) is 13.3. The number of fused-ring (bicyclic) bond motifs is 1. The van der Waals surface area contributed by atoms with Gasteiger partial charge in [0.2, 0.25) is 0 Å². The number of ether oxygens (including phenoxy) is 2. The normalized spacial score (nSPS) is 10.4. The van der Waals surface area contributed by atoms with Crippen molar-refractivity contribution >= 4 is 22.7 Å². The standard InChI is InChI=1S/C20H16O5/c21-19(22)15-5-7-16(8-6-15)20(23)25-12-11-24-18-10-9-14-3-1-2-4-17(14)13-18/h1-10,13H,11-12H2,(H,21,22). The Kier molecular flexibility index (Phi) is 4.95. The summed E-state index contributed by atoms with van der Waals surface area (Å²) in [5.74, 6) is -0.844. The summed E-state index contributed by atoms with van der Waals surface area (Å²) in [5.41, 5.74) is 0.423. The maximum atomic E-state index is 11.9. The molecule has 0 aliphatic carbocycles. The Balaban J connectivity index is 1.50. The van der Waals surface area contributed by atoms with Crippen molar-refractivity contribution in [2.75, 3.05) is 13.2 Å². The molecule has 0 spiro atoms. The van der Waals surface area contributed by atoms with Crippen molar-refractivity contribution in [2.24, 2.45) is 0 Å². The second-order valence-electron chi connectivity index (χ2n) is 5.38. The first-order valence-electron chi connectivity index (χ1n) is 7.75. The molecular formula is C20H16O5. The molecule has 0 atom stereocenters. The van der Waals surface area contributed by atoms with E-state index in [4.69, 9.17) is 14.6 Å². The zero-order chi connectivity index (χ0) is 17.6. The third-order valence-electron chi connectivity index (χ3n) is 3.67. The van der Waals surface area contributed by atoms with Gasteiger partial charge in [-0.15, -0.1) is 0 Å². The molecular weight excluding hydrogens is 320 g/mol. The number of carboxylic acid groups (broad SMARTS) is 1. The number of esters is 1. The summed E-state index contributed by atoms with van der Waals surface area (Å²) >= 11 is 0. The number of rotatable bonds is 6. The van der Waals surface area contributed by atoms with Gasteiger partial charge in [0.15, 0.2) is 0 Å². The highest BCUT2D eigenvalue weighted by molar-refractivity contribution is 5.92. The van der Waals surface area contributed by atoms with Gasteiger partial charge in [0, 0.05) is 0 Å². The number of carbonyl (C=O) groups is 2. The molecule has 3 aromatic carbocycles. The third-order valence-corrected chi connectivity index (χ3v) is 3.67. The summed E-state index contributed by atoms with van der Waals surface area (Å²) in [6.45, 7) is 0.337. The van der Waals surface area contributed by atoms with Gasteiger partial charge in [-0.25, -0.2) is 9.59 Å². The predicted molar refractivity (Wildman–Crippen MR) is 93.1 cm³/mol. The molecule has 0 amide bonds. The lowest BCUT2D eigenvalue weighted by atomic mass is 10.1. The number of hydrogen-bond acceptors (Lipinski definition) is 4. The molecule has 0 unspecified atom stereocenters. The Morgan fingerprint density at radius 1 is 0.800 bits per heavy atom. The Morgan fingerprint density at radius 2 is 1.48 bits per heavy atom. The van der Waals surface area contributed by atoms with E-state index < -0.39 is 11.9 Å². The van der Waals surface area contributed by atoms with Crippen molar-refractivity contribution in [3.8, 4) is 5.75 Å². The Bertz CT molecular complexity index is 899. The molecule has 0 saturated heterocycles. The number of aromatic carboxylic acids is 1. The van der Waals surface area contributed by atoms with Crippen LogP contribution in [0.2, 0.25) is 0 Å². The average Bonchev–Trinajstić information content (AvgIpc) is 2.65. The highest BCUT2D eigenvalue weighted by Gasteiger charge is 2.09. The topological polar surface area (TPSA) is 72.8 Å². The van der Waals surface area contributed by atoms with E-state index in [-0.39, 0.29) is 18.8 Å². The van der Waals surface area contributed by atoms with E-state index in [1.807, 2.05) is 42.5 Å². The van der Waals surface area contributed by atoms with Gasteiger partial charge in [-0.2, -0.15) is 0 Å². The first-order valence-corrected chi connectivity index (χ1v) is 7.75. The zero-order valence-corrected chi connectivity index (χ0v) is 13.3. The minimum absolute atomic E-state index is 0.104. The van der Waals surface area contributed by atoms with Gasteiger partial charge in [-0.05, 0) is 47.2 Å². The van der Waals surface area contributed by atoms with Gasteiger partial charge in [-0.3, -0.25) is 0 Å². The number of carboxylic acids is 1. The van der Waals surface area contributed by atoms with Crippen LogP contribution in [0.15, 0.2) is 66.7 Å². The van der Waals surface area contributed by atoms with E-state index in [2.05, 4.69) is 0 Å². The molecule has 1 N–H and O–H groups in total. The molecule has 0 radical (unpaired) electrons. The van der Waals surface area contributed by atoms with Crippen LogP contribution < -0.4 is 4.74 Å². The Labute approximate surface area is 144 Å². The van der Waals surface area contributed by atoms with Gasteiger partial charge >= 0.3 is 11.9 Å². The predicted octanol–water partition coefficient (Wildman–Crippen LogP) is 3.77. The third kappa shape index (κ3) is 4.14. The van der Waals surface area contributed by atoms with E-state index in [1.165, 1.54) is 24.3 Å². The molecule has 0 aromatic heterocycles. The van der Waals surface area contributed by atoms with Crippen molar-refractivity contribution in [1.29, 1.82) is 0 Å². The van der Waals surface area contributed by atoms with Crippen LogP contribution in [0.3, 0.4) is 0 Å². The molecule has 3 aromatic rings. The minimum Gasteiger partial charge on any atom is -0.490 e. The molecule has 3 rings (SSSR count). The van der Waals surface area contributed by atoms with Gasteiger partial charge in [0.25, 0.3) is 0 Å². The molecule has 5 nitrogen and oxygen atoms in total. The molecule has 25 heavy (non-hydrogen) atoms. The average molecular weight is 336 g/mol. The van der Waals surface area contributed by atoms with Crippen LogP contribution in [-0.2, 0) is 4.74 Å². The van der Waals surface area contributed by atoms with Crippen LogP contribution in [0.1, 0.15) is 20.7 Å². The van der Waals surface area contributed by atoms with E-state index in [0.29, 0.717) is 11.3 Å². The maximum absolute atomic E-state index is 11.9. The first kappa shape index (κ1) is 16.5. The number of hydrogen-bond donors (Lipinski definition) is 1. The maximum Gasteiger partial charge on any atom is 0.338 e. The molecule has 5 heteroatoms. The first-order chi connectivity index (χ1) is 12.1. The second-order valence-corrected chi connectivity index (χ2v) is 5.38. The summed E-state index contributed by atoms with van der Waals surface area (Å²) in [7, 11) is 0. The lowest BCUT2D eigenvalue weighted by Gasteiger charge is -2.08. The Hall–Kier alpha value is -3.34. The quantitative estimate of drug-likeness (QED) is 0.548. The number of benzene rings is 3. The summed E-state index contributed by atoms with van der Waals surface area (Å²) in [6, 6.07) is 19.3. The molecule has 126 valence electrons. The highest BCUT2D eigenvalue weighted by Crippen LogP contribution is 2.20. The van der Waals surface area contributed by atoms with Crippen molar-refractivity contribution in [3.63, 3.8) is 0 Å². The lowest BCUT2D eigenvalue weighted by molar-refractivity contribution is 0.0449. The van der Waals surface area contributed by atoms with Gasteiger partial charge in [0.05, 0.1) is 11.1 Å². The molecule has 0 heterocycles. The van der Waals surface area contributed by atoms with Crippen LogP contribution in [0.25, 0.3) is 10.8 Å². The fraction of sp³-hybridized carbons (Fsp3) is 0.100. The van der Waals surface area contributed by atoms with E-state index in [0.717, 1.165) is 10.8 Å². The molecule has 0 aliphatic heterocycles. The Morgan fingerprint density at radius 3 is 2.20 bits per heavy atom. The van der Waals surface area contributed by atoms with E-state index >= 15 is 0 Å². The van der Waals surface area contributed by atoms with Crippen molar-refractivity contribution in [2.45, 2.75) is 0 Å². The second kappa shape index (κ2) is 7.49. The van der Waals surface area contributed by atoms with Crippen LogP contribution in [-0.4, -0.2) is 30.3 Å². The minimum atomic E-state index is -1.04. The summed E-state index contributed by atoms with van der Waals surface area (Å²) in [4.78, 5) is 22.7. The van der Waals surface area contributed by atoms with Crippen LogP contribution in [0, 0.1) is 0 Å². The molecule has 0 saturated carbocycles. The van der Waals surface area contributed by atoms with Crippen LogP contribution in [0.5, 0.6) is 5.75 Å². The number of carbonyl (C=O) groups excluding carboxylic acids is 1. The largest absolute Gasteiger partial charge is 0.490 e. The lowest BCUT2D eigenvalue weighted by Crippen LogP contribution is -2.12. The summed E-state index contributed by atoms with van der Waals surface area (Å²) in [5, 5.41) is 11.0. The van der Waals surface area contributed by atoms with Crippen LogP contribution in [0.4, 0.5) is 0 Å². The van der Waals surface area contributed by atoms with E-state index in [1.54, 1.807) is 0 Å². The monoisotopic (exact) mass is 336 g/mol. The van der Waals surface area contributed by atoms with Gasteiger partial charge in [0.1, 0.15) is 19.0 Å². The summed E-state index contributed by atoms with van der Waals surface area (Å²) < 4.78 is 10.7. The van der Waals surface area contributed by atoms with E-state index in [9.17, 15) is 9.59 Å². The van der Waals surface area contributed by atoms with Crippen molar-refractivity contribution < 1.29 is 24.2 Å². The fourth-order valence-electron chi connectivity index (χ4n) is 2.38. The van der Waals surface area contributed by atoms with Crippen molar-refractivity contribution in [1.82, 2.24) is 0 Å². The van der Waals surface area contributed by atoms with Crippen molar-refractivity contribution in [3.05, 3.63) is 77.9 Å². The van der Waals surface area contributed by atoms with Crippen LogP contribution >= 0.6 is 0 Å². The fourth-order valence-corrected chi connectivity index (χ4v) is 2.38. The SMILES string of the molecule is O=C(O)c1ccc(C(=O)OCCOc2ccc3ccccc3c2)cc1. The van der Waals surface area contributed by atoms with Gasteiger partial charge in [-0.1, -0.05) is 30.3 Å². The summed E-state index contributed by atoms with van der Waals surface area (Å²) in [6.07, 6.45) is 0. The highest BCUT2D eigenvalue weighted by atomic mass is 16.6.